The first-order valence-electron chi connectivity index (χ1n) is 5.71. The number of hydrogen-bond donors (Lipinski definition) is 2. The van der Waals surface area contributed by atoms with Crippen LogP contribution in [0.5, 0.6) is 5.88 Å². The first kappa shape index (κ1) is 12.3. The Morgan fingerprint density at radius 2 is 2.22 bits per heavy atom. The first-order valence-corrected chi connectivity index (χ1v) is 5.71. The van der Waals surface area contributed by atoms with E-state index in [9.17, 15) is 14.9 Å². The fourth-order valence-electron chi connectivity index (χ4n) is 2.12. The summed E-state index contributed by atoms with van der Waals surface area (Å²) in [7, 11) is 1.27. The summed E-state index contributed by atoms with van der Waals surface area (Å²) in [6, 6.07) is 0.0893. The Morgan fingerprint density at radius 3 is 2.78 bits per heavy atom. The molecule has 0 saturated heterocycles. The van der Waals surface area contributed by atoms with Gasteiger partial charge < -0.3 is 10.1 Å². The number of ether oxygens (including phenoxy) is 1. The third-order valence-electron chi connectivity index (χ3n) is 3.00. The van der Waals surface area contributed by atoms with Gasteiger partial charge >= 0.3 is 11.6 Å². The lowest BCUT2D eigenvalue weighted by molar-refractivity contribution is -0.386. The van der Waals surface area contributed by atoms with Crippen molar-refractivity contribution in [1.29, 1.82) is 0 Å². The van der Waals surface area contributed by atoms with E-state index in [1.54, 1.807) is 0 Å². The minimum Gasteiger partial charge on any atom is -0.475 e. The Morgan fingerprint density at radius 1 is 1.56 bits per heavy atom. The van der Waals surface area contributed by atoms with Gasteiger partial charge in [0, 0.05) is 6.04 Å². The summed E-state index contributed by atoms with van der Waals surface area (Å²) < 4.78 is 4.74. The van der Waals surface area contributed by atoms with E-state index < -0.39 is 16.5 Å². The summed E-state index contributed by atoms with van der Waals surface area (Å²) in [6.07, 6.45) is 3.95. The van der Waals surface area contributed by atoms with Crippen molar-refractivity contribution in [3.8, 4) is 5.88 Å². The third-order valence-corrected chi connectivity index (χ3v) is 3.00. The van der Waals surface area contributed by atoms with E-state index in [-0.39, 0.29) is 17.6 Å². The number of hydrogen-bond acceptors (Lipinski definition) is 5. The van der Waals surface area contributed by atoms with Crippen molar-refractivity contribution in [2.45, 2.75) is 31.7 Å². The molecule has 8 heteroatoms. The molecule has 2 rings (SSSR count). The molecule has 2 N–H and O–H groups in total. The molecule has 0 radical (unpaired) electrons. The largest absolute Gasteiger partial charge is 0.475 e. The van der Waals surface area contributed by atoms with E-state index in [1.165, 1.54) is 7.11 Å². The maximum atomic E-state index is 11.9. The molecule has 98 valence electrons. The van der Waals surface area contributed by atoms with Crippen LogP contribution in [0.2, 0.25) is 0 Å². The van der Waals surface area contributed by atoms with E-state index in [1.807, 2.05) is 0 Å². The Kier molecular flexibility index (Phi) is 3.45. The van der Waals surface area contributed by atoms with Crippen molar-refractivity contribution in [2.24, 2.45) is 0 Å². The van der Waals surface area contributed by atoms with Crippen molar-refractivity contribution in [3.05, 3.63) is 15.8 Å². The highest BCUT2D eigenvalue weighted by molar-refractivity contribution is 5.97. The van der Waals surface area contributed by atoms with E-state index >= 15 is 0 Å². The molecule has 0 spiro atoms. The molecule has 8 nitrogen and oxygen atoms in total. The van der Waals surface area contributed by atoms with E-state index in [0.29, 0.717) is 0 Å². The average Bonchev–Trinajstić information content (AvgIpc) is 2.95. The van der Waals surface area contributed by atoms with Crippen molar-refractivity contribution in [1.82, 2.24) is 15.5 Å². The van der Waals surface area contributed by atoms with Crippen molar-refractivity contribution >= 4 is 11.6 Å². The molecule has 1 fully saturated rings. The number of nitro groups is 1. The molecule has 1 aliphatic carbocycles. The summed E-state index contributed by atoms with van der Waals surface area (Å²) >= 11 is 0. The zero-order valence-electron chi connectivity index (χ0n) is 9.93. The molecular formula is C10H14N4O4. The van der Waals surface area contributed by atoms with Crippen molar-refractivity contribution in [2.75, 3.05) is 7.11 Å². The van der Waals surface area contributed by atoms with Crippen LogP contribution >= 0.6 is 0 Å². The second kappa shape index (κ2) is 5.03. The summed E-state index contributed by atoms with van der Waals surface area (Å²) in [5, 5.41) is 19.6. The Labute approximate surface area is 103 Å². The number of nitrogens with one attached hydrogen (secondary N) is 2. The van der Waals surface area contributed by atoms with Gasteiger partial charge in [0.25, 0.3) is 5.91 Å². The van der Waals surface area contributed by atoms with Crippen LogP contribution in [0.4, 0.5) is 5.69 Å². The van der Waals surface area contributed by atoms with E-state index in [0.717, 1.165) is 25.7 Å². The predicted octanol–water partition coefficient (Wildman–Crippen LogP) is 0.999. The smallest absolute Gasteiger partial charge is 0.362 e. The van der Waals surface area contributed by atoms with Crippen LogP contribution in [0.1, 0.15) is 36.2 Å². The van der Waals surface area contributed by atoms with Gasteiger partial charge in [0.05, 0.1) is 12.0 Å². The van der Waals surface area contributed by atoms with Crippen molar-refractivity contribution < 1.29 is 14.5 Å². The Balaban J connectivity index is 2.18. The minimum atomic E-state index is -0.675. The molecule has 1 heterocycles. The molecule has 1 aliphatic rings. The number of rotatable bonds is 4. The molecule has 1 aromatic heterocycles. The van der Waals surface area contributed by atoms with Gasteiger partial charge in [-0.1, -0.05) is 12.8 Å². The summed E-state index contributed by atoms with van der Waals surface area (Å²) in [6.45, 7) is 0. The zero-order valence-corrected chi connectivity index (χ0v) is 9.93. The fourth-order valence-corrected chi connectivity index (χ4v) is 2.12. The highest BCUT2D eigenvalue weighted by Gasteiger charge is 2.31. The fraction of sp³-hybridized carbons (Fsp3) is 0.600. The lowest BCUT2D eigenvalue weighted by Crippen LogP contribution is -2.33. The molecule has 0 bridgehead atoms. The summed E-state index contributed by atoms with van der Waals surface area (Å²) in [5.41, 5.74) is -0.586. The van der Waals surface area contributed by atoms with Gasteiger partial charge in [-0.3, -0.25) is 20.0 Å². The summed E-state index contributed by atoms with van der Waals surface area (Å²) in [4.78, 5) is 22.1. The molecule has 0 unspecified atom stereocenters. The highest BCUT2D eigenvalue weighted by atomic mass is 16.6. The number of aromatic nitrogens is 2. The number of carbonyl (C=O) groups excluding carboxylic acids is 1. The van der Waals surface area contributed by atoms with Crippen LogP contribution < -0.4 is 10.1 Å². The van der Waals surface area contributed by atoms with Gasteiger partial charge in [-0.05, 0) is 12.8 Å². The van der Waals surface area contributed by atoms with Crippen LogP contribution in [-0.2, 0) is 0 Å². The summed E-state index contributed by atoms with van der Waals surface area (Å²) in [5.74, 6) is -0.694. The van der Waals surface area contributed by atoms with Gasteiger partial charge in [0.15, 0.2) is 0 Å². The van der Waals surface area contributed by atoms with Gasteiger partial charge in [0.1, 0.15) is 0 Å². The average molecular weight is 254 g/mol. The first-order chi connectivity index (χ1) is 8.63. The second-order valence-corrected chi connectivity index (χ2v) is 4.17. The van der Waals surface area contributed by atoms with E-state index in [2.05, 4.69) is 15.5 Å². The van der Waals surface area contributed by atoms with Crippen LogP contribution in [0.3, 0.4) is 0 Å². The predicted molar refractivity (Wildman–Crippen MR) is 61.5 cm³/mol. The quantitative estimate of drug-likeness (QED) is 0.615. The minimum absolute atomic E-state index is 0.0893. The SMILES string of the molecule is COc1n[nH]c(C(=O)NC2CCCC2)c1[N+](=O)[O-]. The number of aromatic amines is 1. The lowest BCUT2D eigenvalue weighted by Gasteiger charge is -2.09. The van der Waals surface area contributed by atoms with Crippen molar-refractivity contribution in [3.63, 3.8) is 0 Å². The maximum absolute atomic E-state index is 11.9. The molecule has 0 aromatic carbocycles. The number of nitrogens with zero attached hydrogens (tertiary/aromatic N) is 2. The van der Waals surface area contributed by atoms with Crippen LogP contribution in [-0.4, -0.2) is 34.2 Å². The molecule has 1 saturated carbocycles. The third kappa shape index (κ3) is 2.27. The molecule has 0 atom stereocenters. The van der Waals surface area contributed by atoms with Gasteiger partial charge in [-0.15, -0.1) is 5.10 Å². The topological polar surface area (TPSA) is 110 Å². The van der Waals surface area contributed by atoms with Crippen LogP contribution in [0.15, 0.2) is 0 Å². The number of methoxy groups -OCH3 is 1. The standard InChI is InChI=1S/C10H14N4O4/c1-18-10-8(14(16)17)7(12-13-10)9(15)11-6-4-2-3-5-6/h6H,2-5H2,1H3,(H,11,15)(H,12,13). The molecule has 0 aliphatic heterocycles. The molecule has 1 amide bonds. The maximum Gasteiger partial charge on any atom is 0.362 e. The van der Waals surface area contributed by atoms with Gasteiger partial charge in [-0.2, -0.15) is 0 Å². The molecule has 1 aromatic rings. The second-order valence-electron chi connectivity index (χ2n) is 4.17. The Bertz CT molecular complexity index is 464. The highest BCUT2D eigenvalue weighted by Crippen LogP contribution is 2.28. The van der Waals surface area contributed by atoms with Crippen LogP contribution in [0, 0.1) is 10.1 Å². The number of amides is 1. The monoisotopic (exact) mass is 254 g/mol. The molecular weight excluding hydrogens is 240 g/mol. The zero-order chi connectivity index (χ0) is 13.1. The number of H-pyrrole nitrogens is 1. The normalized spacial score (nSPS) is 15.6. The number of carbonyl (C=O) groups is 1. The van der Waals surface area contributed by atoms with Gasteiger partial charge in [-0.25, -0.2) is 0 Å². The lowest BCUT2D eigenvalue weighted by atomic mass is 10.2. The van der Waals surface area contributed by atoms with E-state index in [4.69, 9.17) is 4.74 Å². The molecule has 18 heavy (non-hydrogen) atoms. The van der Waals surface area contributed by atoms with Gasteiger partial charge in [0.2, 0.25) is 5.69 Å². The Hall–Kier alpha value is -2.12. The van der Waals surface area contributed by atoms with Crippen LogP contribution in [0.25, 0.3) is 0 Å².